The number of nitrogens with zero attached hydrogens (tertiary/aromatic N) is 5. The normalized spacial score (nSPS) is 15.2. The van der Waals surface area contributed by atoms with Crippen molar-refractivity contribution in [2.24, 2.45) is 5.41 Å². The highest BCUT2D eigenvalue weighted by Crippen LogP contribution is 2.46. The first kappa shape index (κ1) is 16.0. The number of aromatic nitrogens is 4. The van der Waals surface area contributed by atoms with Gasteiger partial charge in [-0.05, 0) is 30.5 Å². The monoisotopic (exact) mass is 356 g/mol. The van der Waals surface area contributed by atoms with Crippen LogP contribution in [0.2, 0.25) is 0 Å². The van der Waals surface area contributed by atoms with E-state index in [4.69, 9.17) is 0 Å². The van der Waals surface area contributed by atoms with Crippen LogP contribution in [0.5, 0.6) is 0 Å². The predicted octanol–water partition coefficient (Wildman–Crippen LogP) is 2.51. The van der Waals surface area contributed by atoms with E-state index in [1.165, 1.54) is 11.7 Å². The molecule has 8 heteroatoms. The zero-order chi connectivity index (χ0) is 17.3. The van der Waals surface area contributed by atoms with Crippen molar-refractivity contribution in [2.75, 3.05) is 13.6 Å². The Morgan fingerprint density at radius 1 is 1.36 bits per heavy atom. The lowest BCUT2D eigenvalue weighted by atomic mass is 10.1. The number of hydrogen-bond donors (Lipinski definition) is 1. The van der Waals surface area contributed by atoms with Crippen molar-refractivity contribution in [3.05, 3.63) is 42.5 Å². The number of amides is 2. The van der Waals surface area contributed by atoms with Gasteiger partial charge < -0.3 is 14.8 Å². The Morgan fingerprint density at radius 3 is 2.96 bits per heavy atom. The van der Waals surface area contributed by atoms with Gasteiger partial charge >= 0.3 is 6.03 Å². The Balaban J connectivity index is 1.31. The summed E-state index contributed by atoms with van der Waals surface area (Å²) in [5.41, 5.74) is 3.02. The van der Waals surface area contributed by atoms with Gasteiger partial charge in [0.05, 0.1) is 18.1 Å². The lowest BCUT2D eigenvalue weighted by molar-refractivity contribution is 0.203. The van der Waals surface area contributed by atoms with E-state index in [1.54, 1.807) is 11.1 Å². The molecule has 7 nitrogen and oxygen atoms in total. The van der Waals surface area contributed by atoms with Crippen molar-refractivity contribution in [3.63, 3.8) is 0 Å². The quantitative estimate of drug-likeness (QED) is 0.736. The topological polar surface area (TPSA) is 75.9 Å². The molecule has 1 saturated carbocycles. The summed E-state index contributed by atoms with van der Waals surface area (Å²) < 4.78 is 10.5. The van der Waals surface area contributed by atoms with E-state index in [9.17, 15) is 4.79 Å². The minimum Gasteiger partial charge on any atom is -0.337 e. The molecule has 130 valence electrons. The Kier molecular flexibility index (Phi) is 4.12. The first-order valence-electron chi connectivity index (χ1n) is 8.30. The van der Waals surface area contributed by atoms with Crippen LogP contribution in [0.25, 0.3) is 11.0 Å². The van der Waals surface area contributed by atoms with Crippen molar-refractivity contribution < 1.29 is 4.79 Å². The van der Waals surface area contributed by atoms with E-state index in [0.717, 1.165) is 36.0 Å². The van der Waals surface area contributed by atoms with Crippen LogP contribution in [-0.4, -0.2) is 42.8 Å². The molecule has 0 bridgehead atoms. The molecule has 0 atom stereocenters. The SMILES string of the molecule is CN(Cc1ccc2nsnc2c1)C(=O)NCC1(Cn2ccnc2)CC1. The molecule has 0 saturated heterocycles. The molecule has 2 heterocycles. The molecule has 2 amide bonds. The fraction of sp³-hybridized carbons (Fsp3) is 0.412. The second-order valence-corrected chi connectivity index (χ2v) is 7.37. The number of benzene rings is 1. The molecule has 0 unspecified atom stereocenters. The van der Waals surface area contributed by atoms with Crippen molar-refractivity contribution in [1.29, 1.82) is 0 Å². The van der Waals surface area contributed by atoms with E-state index < -0.39 is 0 Å². The number of urea groups is 1. The fourth-order valence-electron chi connectivity index (χ4n) is 3.00. The number of rotatable bonds is 6. The van der Waals surface area contributed by atoms with Gasteiger partial charge in [-0.1, -0.05) is 6.07 Å². The lowest BCUT2D eigenvalue weighted by Gasteiger charge is -2.21. The lowest BCUT2D eigenvalue weighted by Crippen LogP contribution is -2.40. The summed E-state index contributed by atoms with van der Waals surface area (Å²) in [6, 6.07) is 5.89. The number of fused-ring (bicyclic) bond motifs is 1. The van der Waals surface area contributed by atoms with Gasteiger partial charge in [0.1, 0.15) is 11.0 Å². The average molecular weight is 356 g/mol. The van der Waals surface area contributed by atoms with Gasteiger partial charge in [0.25, 0.3) is 0 Å². The third kappa shape index (κ3) is 3.63. The molecule has 1 N–H and O–H groups in total. The van der Waals surface area contributed by atoms with Crippen molar-refractivity contribution in [3.8, 4) is 0 Å². The van der Waals surface area contributed by atoms with E-state index in [2.05, 4.69) is 23.6 Å². The van der Waals surface area contributed by atoms with Crippen LogP contribution < -0.4 is 5.32 Å². The van der Waals surface area contributed by atoms with Gasteiger partial charge in [0.15, 0.2) is 0 Å². The summed E-state index contributed by atoms with van der Waals surface area (Å²) in [6.45, 7) is 2.15. The van der Waals surface area contributed by atoms with Crippen LogP contribution >= 0.6 is 11.7 Å². The molecule has 4 rings (SSSR count). The van der Waals surface area contributed by atoms with Gasteiger partial charge in [0, 0.05) is 44.5 Å². The molecule has 1 aliphatic rings. The third-order valence-corrected chi connectivity index (χ3v) is 5.29. The minimum atomic E-state index is -0.0478. The zero-order valence-electron chi connectivity index (χ0n) is 14.1. The van der Waals surface area contributed by atoms with Crippen LogP contribution in [0.3, 0.4) is 0 Å². The van der Waals surface area contributed by atoms with Gasteiger partial charge in [0.2, 0.25) is 0 Å². The van der Waals surface area contributed by atoms with Gasteiger partial charge in [-0.2, -0.15) is 8.75 Å². The molecule has 1 aromatic carbocycles. The van der Waals surface area contributed by atoms with Crippen molar-refractivity contribution >= 4 is 28.8 Å². The van der Waals surface area contributed by atoms with Gasteiger partial charge in [-0.25, -0.2) is 9.78 Å². The standard InChI is InChI=1S/C17H20N6OS/c1-22(9-13-2-3-14-15(8-13)21-25-20-14)16(24)19-10-17(4-5-17)11-23-7-6-18-12-23/h2-3,6-8,12H,4-5,9-11H2,1H3,(H,19,24). The van der Waals surface area contributed by atoms with Gasteiger partial charge in [-0.15, -0.1) is 0 Å². The minimum absolute atomic E-state index is 0.0478. The summed E-state index contributed by atoms with van der Waals surface area (Å²) in [5, 5.41) is 3.08. The van der Waals surface area contributed by atoms with E-state index >= 15 is 0 Å². The Labute approximate surface area is 150 Å². The average Bonchev–Trinajstić information content (AvgIpc) is 3.00. The zero-order valence-corrected chi connectivity index (χ0v) is 14.9. The summed E-state index contributed by atoms with van der Waals surface area (Å²) in [4.78, 5) is 18.2. The Morgan fingerprint density at radius 2 is 2.20 bits per heavy atom. The molecule has 1 fully saturated rings. The smallest absolute Gasteiger partial charge is 0.317 e. The second-order valence-electron chi connectivity index (χ2n) is 6.84. The number of carbonyl (C=O) groups excluding carboxylic acids is 1. The fourth-order valence-corrected chi connectivity index (χ4v) is 3.52. The third-order valence-electron chi connectivity index (χ3n) is 4.73. The molecule has 2 aromatic heterocycles. The molecular weight excluding hydrogens is 336 g/mol. The first-order valence-corrected chi connectivity index (χ1v) is 9.03. The molecule has 0 radical (unpaired) electrons. The maximum Gasteiger partial charge on any atom is 0.317 e. The van der Waals surface area contributed by atoms with E-state index in [-0.39, 0.29) is 11.4 Å². The molecule has 0 spiro atoms. The van der Waals surface area contributed by atoms with Crippen molar-refractivity contribution in [2.45, 2.75) is 25.9 Å². The predicted molar refractivity (Wildman–Crippen MR) is 96.2 cm³/mol. The molecule has 1 aliphatic carbocycles. The van der Waals surface area contributed by atoms with Crippen LogP contribution in [0.15, 0.2) is 36.9 Å². The highest BCUT2D eigenvalue weighted by Gasteiger charge is 2.43. The maximum absolute atomic E-state index is 12.4. The van der Waals surface area contributed by atoms with E-state index in [1.807, 2.05) is 37.8 Å². The Bertz CT molecular complexity index is 870. The van der Waals surface area contributed by atoms with Crippen molar-refractivity contribution in [1.82, 2.24) is 28.5 Å². The first-order chi connectivity index (χ1) is 12.1. The van der Waals surface area contributed by atoms with Crippen LogP contribution in [-0.2, 0) is 13.1 Å². The largest absolute Gasteiger partial charge is 0.337 e. The summed E-state index contributed by atoms with van der Waals surface area (Å²) in [7, 11) is 1.81. The molecule has 3 aromatic rings. The molecular formula is C17H20N6OS. The van der Waals surface area contributed by atoms with Crippen LogP contribution in [0, 0.1) is 5.41 Å². The highest BCUT2D eigenvalue weighted by atomic mass is 32.1. The number of hydrogen-bond acceptors (Lipinski definition) is 5. The summed E-state index contributed by atoms with van der Waals surface area (Å²) in [6.07, 6.45) is 7.87. The number of nitrogens with one attached hydrogen (secondary N) is 1. The maximum atomic E-state index is 12.4. The molecule has 0 aliphatic heterocycles. The second kappa shape index (κ2) is 6.44. The van der Waals surface area contributed by atoms with E-state index in [0.29, 0.717) is 13.1 Å². The summed E-state index contributed by atoms with van der Waals surface area (Å²) >= 11 is 1.21. The van der Waals surface area contributed by atoms with Crippen LogP contribution in [0.1, 0.15) is 18.4 Å². The number of carbonyl (C=O) groups is 1. The molecule has 25 heavy (non-hydrogen) atoms. The Hall–Kier alpha value is -2.48. The van der Waals surface area contributed by atoms with Crippen LogP contribution in [0.4, 0.5) is 4.79 Å². The number of imidazole rings is 1. The highest BCUT2D eigenvalue weighted by molar-refractivity contribution is 7.00. The van der Waals surface area contributed by atoms with Gasteiger partial charge in [-0.3, -0.25) is 0 Å². The summed E-state index contributed by atoms with van der Waals surface area (Å²) in [5.74, 6) is 0.